The normalized spacial score (nSPS) is 9.93. The van der Waals surface area contributed by atoms with Crippen molar-refractivity contribution in [3.05, 3.63) is 23.8 Å². The Morgan fingerprint density at radius 3 is 2.33 bits per heavy atom. The lowest BCUT2D eigenvalue weighted by molar-refractivity contribution is 0.703. The first-order chi connectivity index (χ1) is 6.56. The third-order valence-electron chi connectivity index (χ3n) is 2.55. The Balaban J connectivity index is 0.00000196. The van der Waals surface area contributed by atoms with E-state index in [4.69, 9.17) is 5.73 Å². The Labute approximate surface area is 98.9 Å². The maximum atomic E-state index is 5.79. The van der Waals surface area contributed by atoms with Crippen LogP contribution in [-0.4, -0.2) is 12.6 Å². The number of aryl methyl sites for hydroxylation is 1. The van der Waals surface area contributed by atoms with Gasteiger partial charge in [0.2, 0.25) is 0 Å². The van der Waals surface area contributed by atoms with Gasteiger partial charge in [0.1, 0.15) is 0 Å². The zero-order chi connectivity index (χ0) is 10.7. The van der Waals surface area contributed by atoms with Crippen molar-refractivity contribution < 1.29 is 0 Å². The molecular formula is C12H21ClN2. The largest absolute Gasteiger partial charge is 0.399 e. The van der Waals surface area contributed by atoms with E-state index in [9.17, 15) is 0 Å². The van der Waals surface area contributed by atoms with Crippen molar-refractivity contribution in [2.24, 2.45) is 0 Å². The Morgan fingerprint density at radius 2 is 1.93 bits per heavy atom. The predicted octanol–water partition coefficient (Wildman–Crippen LogP) is 3.23. The van der Waals surface area contributed by atoms with Crippen LogP contribution in [0.25, 0.3) is 0 Å². The summed E-state index contributed by atoms with van der Waals surface area (Å²) in [6.45, 7) is 9.66. The first kappa shape index (κ1) is 14.1. The standard InChI is InChI=1S/C12H20N2.ClH/c1-5-14(9(2)3)11-6-7-12(13)10(4)8-11;/h6-9H,5,13H2,1-4H3;1H. The summed E-state index contributed by atoms with van der Waals surface area (Å²) in [5, 5.41) is 0. The molecule has 0 amide bonds. The summed E-state index contributed by atoms with van der Waals surface area (Å²) in [7, 11) is 0. The molecule has 1 rings (SSSR count). The van der Waals surface area contributed by atoms with Crippen molar-refractivity contribution in [3.63, 3.8) is 0 Å². The number of nitrogens with zero attached hydrogens (tertiary/aromatic N) is 1. The second-order valence-electron chi connectivity index (χ2n) is 3.92. The minimum Gasteiger partial charge on any atom is -0.399 e. The van der Waals surface area contributed by atoms with Gasteiger partial charge in [-0.3, -0.25) is 0 Å². The number of hydrogen-bond donors (Lipinski definition) is 1. The van der Waals surface area contributed by atoms with Crippen LogP contribution in [0, 0.1) is 6.92 Å². The summed E-state index contributed by atoms with van der Waals surface area (Å²) in [5.41, 5.74) is 9.07. The lowest BCUT2D eigenvalue weighted by Crippen LogP contribution is -2.30. The Morgan fingerprint density at radius 1 is 1.33 bits per heavy atom. The molecule has 1 aromatic carbocycles. The first-order valence-corrected chi connectivity index (χ1v) is 5.19. The molecule has 2 nitrogen and oxygen atoms in total. The Kier molecular flexibility index (Phi) is 5.51. The molecule has 1 aromatic rings. The van der Waals surface area contributed by atoms with Crippen molar-refractivity contribution in [2.45, 2.75) is 33.7 Å². The van der Waals surface area contributed by atoms with Gasteiger partial charge in [0.15, 0.2) is 0 Å². The van der Waals surface area contributed by atoms with Gasteiger partial charge in [-0.05, 0) is 51.5 Å². The second kappa shape index (κ2) is 5.86. The first-order valence-electron chi connectivity index (χ1n) is 5.19. The number of nitrogen functional groups attached to an aromatic ring is 1. The molecule has 0 fully saturated rings. The van der Waals surface area contributed by atoms with E-state index in [0.29, 0.717) is 6.04 Å². The number of benzene rings is 1. The molecule has 0 unspecified atom stereocenters. The molecule has 86 valence electrons. The van der Waals surface area contributed by atoms with Gasteiger partial charge in [0, 0.05) is 24.0 Å². The molecule has 0 bridgehead atoms. The number of halogens is 1. The Hall–Kier alpha value is -0.890. The number of nitrogens with two attached hydrogens (primary N) is 1. The summed E-state index contributed by atoms with van der Waals surface area (Å²) in [4.78, 5) is 2.35. The van der Waals surface area contributed by atoms with Gasteiger partial charge >= 0.3 is 0 Å². The fraction of sp³-hybridized carbons (Fsp3) is 0.500. The molecule has 0 aliphatic rings. The van der Waals surface area contributed by atoms with E-state index in [0.717, 1.165) is 17.8 Å². The fourth-order valence-corrected chi connectivity index (χ4v) is 1.68. The van der Waals surface area contributed by atoms with Crippen LogP contribution in [0.3, 0.4) is 0 Å². The van der Waals surface area contributed by atoms with Crippen LogP contribution in [0.2, 0.25) is 0 Å². The fourth-order valence-electron chi connectivity index (χ4n) is 1.68. The van der Waals surface area contributed by atoms with Crippen molar-refractivity contribution in [2.75, 3.05) is 17.2 Å². The van der Waals surface area contributed by atoms with Gasteiger partial charge in [-0.2, -0.15) is 0 Å². The molecule has 0 spiro atoms. The minimum absolute atomic E-state index is 0. The van der Waals surface area contributed by atoms with Gasteiger partial charge in [0.05, 0.1) is 0 Å². The van der Waals surface area contributed by atoms with Gasteiger partial charge < -0.3 is 10.6 Å². The molecule has 0 aromatic heterocycles. The molecule has 0 radical (unpaired) electrons. The highest BCUT2D eigenvalue weighted by atomic mass is 35.5. The van der Waals surface area contributed by atoms with Crippen molar-refractivity contribution in [1.29, 1.82) is 0 Å². The van der Waals surface area contributed by atoms with Crippen LogP contribution >= 0.6 is 12.4 Å². The van der Waals surface area contributed by atoms with E-state index in [1.165, 1.54) is 5.69 Å². The average molecular weight is 229 g/mol. The lowest BCUT2D eigenvalue weighted by Gasteiger charge is -2.28. The predicted molar refractivity (Wildman–Crippen MR) is 71.0 cm³/mol. The molecular weight excluding hydrogens is 208 g/mol. The SMILES string of the molecule is CCN(c1ccc(N)c(C)c1)C(C)C.Cl. The molecule has 0 saturated heterocycles. The maximum absolute atomic E-state index is 5.79. The molecule has 0 atom stereocenters. The van der Waals surface area contributed by atoms with Gasteiger partial charge in [-0.25, -0.2) is 0 Å². The minimum atomic E-state index is 0. The van der Waals surface area contributed by atoms with Crippen LogP contribution in [0.15, 0.2) is 18.2 Å². The van der Waals surface area contributed by atoms with Crippen LogP contribution in [0.1, 0.15) is 26.3 Å². The maximum Gasteiger partial charge on any atom is 0.0372 e. The van der Waals surface area contributed by atoms with E-state index in [1.807, 2.05) is 13.0 Å². The highest BCUT2D eigenvalue weighted by Crippen LogP contribution is 2.21. The molecule has 15 heavy (non-hydrogen) atoms. The number of rotatable bonds is 3. The summed E-state index contributed by atoms with van der Waals surface area (Å²) >= 11 is 0. The van der Waals surface area contributed by atoms with Gasteiger partial charge in [-0.1, -0.05) is 0 Å². The molecule has 0 aliphatic carbocycles. The van der Waals surface area contributed by atoms with Crippen molar-refractivity contribution in [3.8, 4) is 0 Å². The molecule has 0 aliphatic heterocycles. The van der Waals surface area contributed by atoms with Crippen LogP contribution in [0.4, 0.5) is 11.4 Å². The highest BCUT2D eigenvalue weighted by molar-refractivity contribution is 5.85. The molecule has 0 heterocycles. The summed E-state index contributed by atoms with van der Waals surface area (Å²) in [6, 6.07) is 6.75. The highest BCUT2D eigenvalue weighted by Gasteiger charge is 2.08. The van der Waals surface area contributed by atoms with E-state index < -0.39 is 0 Å². The summed E-state index contributed by atoms with van der Waals surface area (Å²) < 4.78 is 0. The van der Waals surface area contributed by atoms with Crippen LogP contribution < -0.4 is 10.6 Å². The molecule has 0 saturated carbocycles. The van der Waals surface area contributed by atoms with E-state index >= 15 is 0 Å². The number of anilines is 2. The summed E-state index contributed by atoms with van der Waals surface area (Å²) in [5.74, 6) is 0. The second-order valence-corrected chi connectivity index (χ2v) is 3.92. The van der Waals surface area contributed by atoms with Gasteiger partial charge in [0.25, 0.3) is 0 Å². The van der Waals surface area contributed by atoms with E-state index in [1.54, 1.807) is 0 Å². The van der Waals surface area contributed by atoms with Crippen molar-refractivity contribution >= 4 is 23.8 Å². The lowest BCUT2D eigenvalue weighted by atomic mass is 10.1. The smallest absolute Gasteiger partial charge is 0.0372 e. The van der Waals surface area contributed by atoms with E-state index in [-0.39, 0.29) is 12.4 Å². The van der Waals surface area contributed by atoms with E-state index in [2.05, 4.69) is 37.8 Å². The van der Waals surface area contributed by atoms with Gasteiger partial charge in [-0.15, -0.1) is 12.4 Å². The average Bonchev–Trinajstić information content (AvgIpc) is 2.11. The summed E-state index contributed by atoms with van der Waals surface area (Å²) in [6.07, 6.45) is 0. The third-order valence-corrected chi connectivity index (χ3v) is 2.55. The van der Waals surface area contributed by atoms with Crippen LogP contribution in [-0.2, 0) is 0 Å². The third kappa shape index (κ3) is 3.31. The monoisotopic (exact) mass is 228 g/mol. The molecule has 3 heteroatoms. The zero-order valence-corrected chi connectivity index (χ0v) is 10.8. The van der Waals surface area contributed by atoms with Crippen LogP contribution in [0.5, 0.6) is 0 Å². The Bertz CT molecular complexity index is 310. The quantitative estimate of drug-likeness (QED) is 0.805. The van der Waals surface area contributed by atoms with Crippen molar-refractivity contribution in [1.82, 2.24) is 0 Å². The topological polar surface area (TPSA) is 29.3 Å². The number of hydrogen-bond acceptors (Lipinski definition) is 2. The molecule has 2 N–H and O–H groups in total. The zero-order valence-electron chi connectivity index (χ0n) is 9.95.